The summed E-state index contributed by atoms with van der Waals surface area (Å²) in [6.07, 6.45) is 0.871. The average Bonchev–Trinajstić information content (AvgIpc) is 2.77. The lowest BCUT2D eigenvalue weighted by atomic mass is 10.2. The maximum absolute atomic E-state index is 13.6. The number of nitrogens with zero attached hydrogens (tertiary/aromatic N) is 2. The van der Waals surface area contributed by atoms with Crippen LogP contribution in [0.1, 0.15) is 17.3 Å². The maximum Gasteiger partial charge on any atom is 0.200 e. The number of carbonyl (C=O) groups excluding carboxylic acids is 1. The van der Waals surface area contributed by atoms with Crippen LogP contribution in [0, 0.1) is 29.1 Å². The van der Waals surface area contributed by atoms with E-state index in [0.29, 0.717) is 0 Å². The van der Waals surface area contributed by atoms with E-state index in [2.05, 4.69) is 5.10 Å². The highest BCUT2D eigenvalue weighted by molar-refractivity contribution is 5.98. The van der Waals surface area contributed by atoms with Gasteiger partial charge in [0.15, 0.2) is 29.1 Å². The van der Waals surface area contributed by atoms with Crippen LogP contribution in [0.4, 0.5) is 27.8 Å². The summed E-state index contributed by atoms with van der Waals surface area (Å²) in [5, 5.41) is 3.38. The van der Waals surface area contributed by atoms with Crippen LogP contribution in [0.2, 0.25) is 0 Å². The topological polar surface area (TPSA) is 60.9 Å². The van der Waals surface area contributed by atoms with Gasteiger partial charge in [0, 0.05) is 0 Å². The van der Waals surface area contributed by atoms with Gasteiger partial charge in [-0.05, 0) is 6.92 Å². The number of Topliss-reactive ketones (excluding diaryl/α,β-unsaturated/α-hetero) is 1. The van der Waals surface area contributed by atoms with Gasteiger partial charge in [0.25, 0.3) is 0 Å². The zero-order chi connectivity index (χ0) is 15.2. The number of hydrogen-bond acceptors (Lipinski definition) is 3. The van der Waals surface area contributed by atoms with Gasteiger partial charge < -0.3 is 5.73 Å². The van der Waals surface area contributed by atoms with E-state index in [-0.39, 0.29) is 10.2 Å². The molecule has 1 aromatic carbocycles. The van der Waals surface area contributed by atoms with Gasteiger partial charge in [0.2, 0.25) is 5.82 Å². The molecule has 0 aliphatic heterocycles. The van der Waals surface area contributed by atoms with Crippen molar-refractivity contribution in [3.8, 4) is 5.69 Å². The molecule has 1 aromatic heterocycles. The van der Waals surface area contributed by atoms with Crippen molar-refractivity contribution in [2.45, 2.75) is 6.92 Å². The Bertz CT molecular complexity index is 696. The number of carbonyl (C=O) groups is 1. The number of rotatable bonds is 2. The van der Waals surface area contributed by atoms with Crippen LogP contribution in [0.3, 0.4) is 0 Å². The molecular weight excluding hydrogens is 285 g/mol. The molecule has 0 fully saturated rings. The minimum atomic E-state index is -2.29. The van der Waals surface area contributed by atoms with Gasteiger partial charge in [-0.15, -0.1) is 0 Å². The first kappa shape index (κ1) is 14.0. The highest BCUT2D eigenvalue weighted by Gasteiger charge is 2.29. The van der Waals surface area contributed by atoms with Crippen molar-refractivity contribution in [1.82, 2.24) is 9.78 Å². The van der Waals surface area contributed by atoms with Crippen LogP contribution in [0.15, 0.2) is 6.20 Å². The van der Waals surface area contributed by atoms with Crippen molar-refractivity contribution in [2.24, 2.45) is 0 Å². The van der Waals surface area contributed by atoms with E-state index in [0.717, 1.165) is 13.1 Å². The Morgan fingerprint density at radius 2 is 1.50 bits per heavy atom. The summed E-state index contributed by atoms with van der Waals surface area (Å²) in [6.45, 7) is 1.11. The SMILES string of the molecule is CC(=O)c1cnn(-c2c(F)c(F)c(F)c(F)c2F)c1N. The zero-order valence-electron chi connectivity index (χ0n) is 9.85. The van der Waals surface area contributed by atoms with Crippen molar-refractivity contribution >= 4 is 11.6 Å². The Kier molecular flexibility index (Phi) is 3.20. The Labute approximate surface area is 108 Å². The number of aromatic nitrogens is 2. The third kappa shape index (κ3) is 1.82. The van der Waals surface area contributed by atoms with Crippen LogP contribution < -0.4 is 5.73 Å². The standard InChI is InChI=1S/C11H6F5N3O/c1-3(20)4-2-18-19(11(4)17)10-8(15)6(13)5(12)7(14)9(10)16/h2H,17H2,1H3. The molecule has 0 aliphatic carbocycles. The Morgan fingerprint density at radius 3 is 1.90 bits per heavy atom. The number of anilines is 1. The number of nitrogens with two attached hydrogens (primary N) is 1. The highest BCUT2D eigenvalue weighted by Crippen LogP contribution is 2.28. The molecule has 0 unspecified atom stereocenters. The Balaban J connectivity index is 2.80. The second-order valence-electron chi connectivity index (χ2n) is 3.83. The first-order valence-electron chi connectivity index (χ1n) is 5.13. The quantitative estimate of drug-likeness (QED) is 0.400. The second-order valence-corrected chi connectivity index (χ2v) is 3.83. The summed E-state index contributed by atoms with van der Waals surface area (Å²) >= 11 is 0. The third-order valence-electron chi connectivity index (χ3n) is 2.58. The van der Waals surface area contributed by atoms with E-state index in [1.807, 2.05) is 0 Å². The van der Waals surface area contributed by atoms with E-state index < -0.39 is 46.4 Å². The summed E-state index contributed by atoms with van der Waals surface area (Å²) in [5.74, 6) is -11.8. The molecule has 0 atom stereocenters. The molecule has 9 heteroatoms. The fourth-order valence-corrected chi connectivity index (χ4v) is 1.59. The summed E-state index contributed by atoms with van der Waals surface area (Å²) < 4.78 is 66.5. The molecule has 20 heavy (non-hydrogen) atoms. The number of hydrogen-bond donors (Lipinski definition) is 1. The predicted octanol–water partition coefficient (Wildman–Crippen LogP) is 2.35. The Morgan fingerprint density at radius 1 is 1.05 bits per heavy atom. The molecule has 0 saturated heterocycles. The lowest BCUT2D eigenvalue weighted by Crippen LogP contribution is -2.13. The number of halogens is 5. The van der Waals surface area contributed by atoms with Gasteiger partial charge in [0.05, 0.1) is 11.8 Å². The summed E-state index contributed by atoms with van der Waals surface area (Å²) in [6, 6.07) is 0. The fraction of sp³-hybridized carbons (Fsp3) is 0.0909. The first-order valence-corrected chi connectivity index (χ1v) is 5.13. The van der Waals surface area contributed by atoms with Crippen LogP contribution in [0.5, 0.6) is 0 Å². The molecule has 2 N–H and O–H groups in total. The van der Waals surface area contributed by atoms with Crippen molar-refractivity contribution in [3.63, 3.8) is 0 Å². The molecular formula is C11H6F5N3O. The van der Waals surface area contributed by atoms with Gasteiger partial charge in [-0.1, -0.05) is 0 Å². The van der Waals surface area contributed by atoms with Crippen molar-refractivity contribution in [3.05, 3.63) is 40.8 Å². The van der Waals surface area contributed by atoms with Gasteiger partial charge in [-0.2, -0.15) is 5.10 Å². The van der Waals surface area contributed by atoms with E-state index in [9.17, 15) is 26.7 Å². The van der Waals surface area contributed by atoms with E-state index in [1.165, 1.54) is 0 Å². The van der Waals surface area contributed by atoms with Gasteiger partial charge in [0.1, 0.15) is 11.5 Å². The fourth-order valence-electron chi connectivity index (χ4n) is 1.59. The third-order valence-corrected chi connectivity index (χ3v) is 2.58. The molecule has 106 valence electrons. The smallest absolute Gasteiger partial charge is 0.200 e. The lowest BCUT2D eigenvalue weighted by Gasteiger charge is -2.09. The second kappa shape index (κ2) is 4.58. The van der Waals surface area contributed by atoms with Gasteiger partial charge >= 0.3 is 0 Å². The summed E-state index contributed by atoms with van der Waals surface area (Å²) in [7, 11) is 0. The van der Waals surface area contributed by atoms with Crippen LogP contribution in [0.25, 0.3) is 5.69 Å². The highest BCUT2D eigenvalue weighted by atomic mass is 19.2. The molecule has 0 saturated carbocycles. The summed E-state index contributed by atoms with van der Waals surface area (Å²) in [5.41, 5.74) is 3.88. The van der Waals surface area contributed by atoms with Gasteiger partial charge in [-0.25, -0.2) is 26.6 Å². The summed E-state index contributed by atoms with van der Waals surface area (Å²) in [4.78, 5) is 11.1. The number of ketones is 1. The zero-order valence-corrected chi connectivity index (χ0v) is 9.85. The van der Waals surface area contributed by atoms with Crippen LogP contribution >= 0.6 is 0 Å². The number of nitrogen functional groups attached to an aromatic ring is 1. The molecule has 0 radical (unpaired) electrons. The monoisotopic (exact) mass is 291 g/mol. The predicted molar refractivity (Wildman–Crippen MR) is 57.8 cm³/mol. The minimum Gasteiger partial charge on any atom is -0.383 e. The minimum absolute atomic E-state index is 0.200. The van der Waals surface area contributed by atoms with E-state index in [1.54, 1.807) is 0 Å². The van der Waals surface area contributed by atoms with Crippen LogP contribution in [-0.2, 0) is 0 Å². The first-order chi connectivity index (χ1) is 9.27. The molecule has 0 spiro atoms. The maximum atomic E-state index is 13.6. The van der Waals surface area contributed by atoms with Gasteiger partial charge in [-0.3, -0.25) is 4.79 Å². The molecule has 0 bridgehead atoms. The molecule has 0 amide bonds. The van der Waals surface area contributed by atoms with E-state index >= 15 is 0 Å². The average molecular weight is 291 g/mol. The normalized spacial score (nSPS) is 10.9. The Hall–Kier alpha value is -2.45. The molecule has 1 heterocycles. The largest absolute Gasteiger partial charge is 0.383 e. The van der Waals surface area contributed by atoms with Crippen molar-refractivity contribution < 1.29 is 26.7 Å². The lowest BCUT2D eigenvalue weighted by molar-refractivity contribution is 0.101. The van der Waals surface area contributed by atoms with Crippen molar-refractivity contribution in [1.29, 1.82) is 0 Å². The molecule has 2 rings (SSSR count). The van der Waals surface area contributed by atoms with E-state index in [4.69, 9.17) is 5.73 Å². The molecule has 2 aromatic rings. The van der Waals surface area contributed by atoms with Crippen LogP contribution in [-0.4, -0.2) is 15.6 Å². The van der Waals surface area contributed by atoms with Crippen molar-refractivity contribution in [2.75, 3.05) is 5.73 Å². The molecule has 4 nitrogen and oxygen atoms in total. The molecule has 0 aliphatic rings. The number of benzene rings is 1.